The highest BCUT2D eigenvalue weighted by Gasteiger charge is 2.25. The summed E-state index contributed by atoms with van der Waals surface area (Å²) in [6.07, 6.45) is 1.97. The van der Waals surface area contributed by atoms with Gasteiger partial charge in [0.25, 0.3) is 0 Å². The van der Waals surface area contributed by atoms with Crippen molar-refractivity contribution in [3.8, 4) is 28.7 Å². The number of allylic oxidation sites excluding steroid dienone is 1. The van der Waals surface area contributed by atoms with Crippen LogP contribution in [0.4, 0.5) is 5.95 Å². The molecule has 1 aliphatic heterocycles. The number of hydrogen-bond donors (Lipinski definition) is 0. The van der Waals surface area contributed by atoms with Gasteiger partial charge >= 0.3 is 0 Å². The fourth-order valence-corrected chi connectivity index (χ4v) is 5.66. The standard InChI is InChI=1S/C35H28N6O/c36-25-27(34-37-38-35(39-20-22-42-23-21-39)41(34)29-16-8-3-9-17-29)24-31-30-18-10-11-19-32(30)40(28-14-6-2-7-15-28)33(31)26-12-4-1-5-13-26/h1-19,24H,20-23H2. The van der Waals surface area contributed by atoms with Gasteiger partial charge in [0.15, 0.2) is 5.82 Å². The molecule has 0 amide bonds. The fourth-order valence-electron chi connectivity index (χ4n) is 5.66. The number of fused-ring (bicyclic) bond motifs is 1. The van der Waals surface area contributed by atoms with E-state index in [9.17, 15) is 5.26 Å². The molecule has 0 bridgehead atoms. The van der Waals surface area contributed by atoms with E-state index in [0.717, 1.165) is 39.1 Å². The second-order valence-corrected chi connectivity index (χ2v) is 10.1. The third-order valence-corrected chi connectivity index (χ3v) is 7.58. The summed E-state index contributed by atoms with van der Waals surface area (Å²) in [7, 11) is 0. The van der Waals surface area contributed by atoms with Crippen LogP contribution in [0.5, 0.6) is 0 Å². The molecule has 7 heteroatoms. The minimum atomic E-state index is 0.430. The molecule has 2 aromatic heterocycles. The number of ether oxygens (including phenoxy) is 1. The summed E-state index contributed by atoms with van der Waals surface area (Å²) in [5, 5.41) is 20.9. The Hall–Kier alpha value is -5.45. The first-order valence-electron chi connectivity index (χ1n) is 14.0. The maximum absolute atomic E-state index is 10.6. The molecule has 7 nitrogen and oxygen atoms in total. The van der Waals surface area contributed by atoms with Crippen molar-refractivity contribution in [3.05, 3.63) is 127 Å². The Labute approximate surface area is 244 Å². The molecule has 3 heterocycles. The van der Waals surface area contributed by atoms with Gasteiger partial charge in [-0.1, -0.05) is 84.9 Å². The molecule has 0 unspecified atom stereocenters. The van der Waals surface area contributed by atoms with E-state index in [0.29, 0.717) is 43.6 Å². The van der Waals surface area contributed by atoms with Crippen molar-refractivity contribution < 1.29 is 4.74 Å². The number of rotatable bonds is 6. The Kier molecular flexibility index (Phi) is 6.80. The van der Waals surface area contributed by atoms with Crippen LogP contribution in [0.15, 0.2) is 115 Å². The minimum Gasteiger partial charge on any atom is -0.378 e. The molecule has 42 heavy (non-hydrogen) atoms. The SMILES string of the molecule is N#CC(=Cc1c(-c2ccccc2)n(-c2ccccc2)c2ccccc12)c1nnc(N2CCOCC2)n1-c1ccccc1. The Morgan fingerprint density at radius 2 is 1.31 bits per heavy atom. The van der Waals surface area contributed by atoms with Crippen LogP contribution in [0.2, 0.25) is 0 Å². The van der Waals surface area contributed by atoms with Crippen LogP contribution in [0.3, 0.4) is 0 Å². The lowest BCUT2D eigenvalue weighted by molar-refractivity contribution is 0.122. The molecule has 7 rings (SSSR count). The first-order valence-corrected chi connectivity index (χ1v) is 14.0. The summed E-state index contributed by atoms with van der Waals surface area (Å²) in [5.74, 6) is 1.20. The summed E-state index contributed by atoms with van der Waals surface area (Å²) in [6, 6.07) is 41.4. The van der Waals surface area contributed by atoms with Crippen LogP contribution in [0.25, 0.3) is 45.2 Å². The second-order valence-electron chi connectivity index (χ2n) is 10.1. The molecule has 0 atom stereocenters. The molecule has 1 fully saturated rings. The van der Waals surface area contributed by atoms with Crippen LogP contribution in [0.1, 0.15) is 11.4 Å². The minimum absolute atomic E-state index is 0.430. The predicted molar refractivity (Wildman–Crippen MR) is 167 cm³/mol. The van der Waals surface area contributed by atoms with Gasteiger partial charge in [-0.2, -0.15) is 5.26 Å². The van der Waals surface area contributed by atoms with Gasteiger partial charge in [-0.3, -0.25) is 4.57 Å². The number of nitrogens with zero attached hydrogens (tertiary/aromatic N) is 6. The molecule has 6 aromatic rings. The van der Waals surface area contributed by atoms with Gasteiger partial charge in [-0.25, -0.2) is 0 Å². The van der Waals surface area contributed by atoms with Gasteiger partial charge in [0.05, 0.1) is 35.7 Å². The van der Waals surface area contributed by atoms with Gasteiger partial charge in [0.2, 0.25) is 5.95 Å². The zero-order valence-electron chi connectivity index (χ0n) is 23.0. The van der Waals surface area contributed by atoms with E-state index in [1.54, 1.807) is 0 Å². The third kappa shape index (κ3) is 4.54. The van der Waals surface area contributed by atoms with Crippen LogP contribution < -0.4 is 4.90 Å². The Morgan fingerprint density at radius 1 is 0.714 bits per heavy atom. The summed E-state index contributed by atoms with van der Waals surface area (Å²) in [5.41, 5.74) is 6.45. The Morgan fingerprint density at radius 3 is 1.98 bits per heavy atom. The molecular formula is C35H28N6O. The maximum atomic E-state index is 10.6. The second kappa shape index (κ2) is 11.2. The Balaban J connectivity index is 1.50. The third-order valence-electron chi connectivity index (χ3n) is 7.58. The highest BCUT2D eigenvalue weighted by atomic mass is 16.5. The van der Waals surface area contributed by atoms with Gasteiger partial charge in [0, 0.05) is 29.7 Å². The van der Waals surface area contributed by atoms with Gasteiger partial charge < -0.3 is 14.2 Å². The summed E-state index contributed by atoms with van der Waals surface area (Å²) in [6.45, 7) is 2.66. The maximum Gasteiger partial charge on any atom is 0.232 e. The number of nitriles is 1. The quantitative estimate of drug-likeness (QED) is 0.215. The van der Waals surface area contributed by atoms with Gasteiger partial charge in [-0.15, -0.1) is 10.2 Å². The van der Waals surface area contributed by atoms with Crippen molar-refractivity contribution in [3.63, 3.8) is 0 Å². The molecule has 0 N–H and O–H groups in total. The van der Waals surface area contributed by atoms with Crippen molar-refractivity contribution in [2.24, 2.45) is 0 Å². The topological polar surface area (TPSA) is 71.9 Å². The molecule has 0 radical (unpaired) electrons. The first-order chi connectivity index (χ1) is 20.8. The van der Waals surface area contributed by atoms with Crippen molar-refractivity contribution >= 4 is 28.5 Å². The van der Waals surface area contributed by atoms with E-state index >= 15 is 0 Å². The molecule has 1 aliphatic rings. The van der Waals surface area contributed by atoms with E-state index < -0.39 is 0 Å². The first kappa shape index (κ1) is 25.5. The van der Waals surface area contributed by atoms with Crippen LogP contribution in [-0.4, -0.2) is 45.6 Å². The lowest BCUT2D eigenvalue weighted by atomic mass is 10.0. The molecule has 0 aliphatic carbocycles. The number of para-hydroxylation sites is 3. The van der Waals surface area contributed by atoms with Crippen molar-refractivity contribution in [2.45, 2.75) is 0 Å². The number of aromatic nitrogens is 4. The smallest absolute Gasteiger partial charge is 0.232 e. The number of anilines is 1. The highest BCUT2D eigenvalue weighted by molar-refractivity contribution is 6.04. The van der Waals surface area contributed by atoms with Crippen molar-refractivity contribution in [1.82, 2.24) is 19.3 Å². The molecule has 4 aromatic carbocycles. The lowest BCUT2D eigenvalue weighted by Crippen LogP contribution is -2.38. The molecule has 0 spiro atoms. The highest BCUT2D eigenvalue weighted by Crippen LogP contribution is 2.39. The van der Waals surface area contributed by atoms with Crippen LogP contribution in [-0.2, 0) is 4.74 Å². The van der Waals surface area contributed by atoms with Crippen LogP contribution in [0, 0.1) is 11.3 Å². The predicted octanol–water partition coefficient (Wildman–Crippen LogP) is 6.78. The molecular weight excluding hydrogens is 520 g/mol. The molecule has 0 saturated carbocycles. The van der Waals surface area contributed by atoms with E-state index in [1.165, 1.54) is 0 Å². The fraction of sp³-hybridized carbons (Fsp3) is 0.114. The normalized spacial score (nSPS) is 13.8. The van der Waals surface area contributed by atoms with Gasteiger partial charge in [0.1, 0.15) is 6.07 Å². The monoisotopic (exact) mass is 548 g/mol. The molecule has 1 saturated heterocycles. The van der Waals surface area contributed by atoms with Crippen molar-refractivity contribution in [1.29, 1.82) is 5.26 Å². The van der Waals surface area contributed by atoms with Crippen LogP contribution >= 0.6 is 0 Å². The largest absolute Gasteiger partial charge is 0.378 e. The van der Waals surface area contributed by atoms with E-state index in [4.69, 9.17) is 4.74 Å². The number of hydrogen-bond acceptors (Lipinski definition) is 5. The van der Waals surface area contributed by atoms with E-state index in [-0.39, 0.29) is 0 Å². The number of morpholine rings is 1. The summed E-state index contributed by atoms with van der Waals surface area (Å²) in [4.78, 5) is 2.17. The summed E-state index contributed by atoms with van der Waals surface area (Å²) < 4.78 is 9.85. The summed E-state index contributed by atoms with van der Waals surface area (Å²) >= 11 is 0. The molecule has 204 valence electrons. The zero-order valence-corrected chi connectivity index (χ0v) is 23.0. The van der Waals surface area contributed by atoms with E-state index in [1.807, 2.05) is 83.4 Å². The van der Waals surface area contributed by atoms with Crippen molar-refractivity contribution in [2.75, 3.05) is 31.2 Å². The zero-order chi connectivity index (χ0) is 28.3. The average molecular weight is 549 g/mol. The van der Waals surface area contributed by atoms with E-state index in [2.05, 4.69) is 68.2 Å². The average Bonchev–Trinajstić information content (AvgIpc) is 3.65. The van der Waals surface area contributed by atoms with Gasteiger partial charge in [-0.05, 0) is 42.0 Å². The lowest BCUT2D eigenvalue weighted by Gasteiger charge is -2.28. The Bertz CT molecular complexity index is 1910. The number of benzene rings is 4.